The van der Waals surface area contributed by atoms with E-state index in [2.05, 4.69) is 16.0 Å². The van der Waals surface area contributed by atoms with E-state index < -0.39 is 6.10 Å². The molecule has 2 aliphatic heterocycles. The van der Waals surface area contributed by atoms with Crippen LogP contribution in [0.4, 0.5) is 5.69 Å². The summed E-state index contributed by atoms with van der Waals surface area (Å²) in [5.41, 5.74) is 7.89. The molecule has 0 spiro atoms. The number of aromatic nitrogens is 1. The third kappa shape index (κ3) is 3.22. The lowest BCUT2D eigenvalue weighted by Gasteiger charge is -2.44. The van der Waals surface area contributed by atoms with Crippen molar-refractivity contribution in [2.24, 2.45) is 11.7 Å². The monoisotopic (exact) mass is 365 g/mol. The van der Waals surface area contributed by atoms with Crippen LogP contribution in [0, 0.1) is 17.2 Å². The van der Waals surface area contributed by atoms with Gasteiger partial charge in [0.15, 0.2) is 6.10 Å². The maximum atomic E-state index is 12.8. The van der Waals surface area contributed by atoms with Gasteiger partial charge in [0.25, 0.3) is 5.91 Å². The number of morpholine rings is 1. The Morgan fingerprint density at radius 2 is 2.15 bits per heavy atom. The summed E-state index contributed by atoms with van der Waals surface area (Å²) in [6.07, 6.45) is 1.13. The second-order valence-corrected chi connectivity index (χ2v) is 7.33. The molecular weight excluding hydrogens is 342 g/mol. The highest BCUT2D eigenvalue weighted by Gasteiger charge is 2.38. The number of rotatable bonds is 3. The second kappa shape index (κ2) is 7.14. The van der Waals surface area contributed by atoms with Gasteiger partial charge >= 0.3 is 0 Å². The number of pyridine rings is 1. The Morgan fingerprint density at radius 1 is 1.33 bits per heavy atom. The molecule has 0 bridgehead atoms. The summed E-state index contributed by atoms with van der Waals surface area (Å²) < 4.78 is 5.95. The minimum Gasteiger partial charge on any atom is -0.365 e. The van der Waals surface area contributed by atoms with Crippen molar-refractivity contribution < 1.29 is 9.53 Å². The topological polar surface area (TPSA) is 95.5 Å². The van der Waals surface area contributed by atoms with E-state index in [-0.39, 0.29) is 12.0 Å². The number of nitrogens with zero attached hydrogens (tertiary/aromatic N) is 4. The number of anilines is 1. The third-order valence-electron chi connectivity index (χ3n) is 5.35. The van der Waals surface area contributed by atoms with Gasteiger partial charge in [-0.05, 0) is 37.7 Å². The van der Waals surface area contributed by atoms with Gasteiger partial charge in [-0.15, -0.1) is 0 Å². The highest BCUT2D eigenvalue weighted by atomic mass is 16.5. The van der Waals surface area contributed by atoms with Crippen molar-refractivity contribution in [2.75, 3.05) is 37.6 Å². The number of benzene rings is 1. The summed E-state index contributed by atoms with van der Waals surface area (Å²) in [5, 5.41) is 10.3. The molecule has 0 radical (unpaired) electrons. The smallest absolute Gasteiger partial charge is 0.253 e. The SMILES string of the molecule is C[C@@H]1CN(c2ccc(C#N)c3ncccc23)C[C@H](C(=O)N2CC(CN)C2)O1. The predicted molar refractivity (Wildman–Crippen MR) is 102 cm³/mol. The molecule has 1 aromatic heterocycles. The average molecular weight is 365 g/mol. The number of carbonyl (C=O) groups is 1. The van der Waals surface area contributed by atoms with Crippen molar-refractivity contribution in [3.63, 3.8) is 0 Å². The standard InChI is InChI=1S/C20H23N5O2/c1-13-9-24(12-18(27-13)20(26)25-10-14(7-21)11-25)17-5-4-15(8-22)19-16(17)3-2-6-23-19/h2-6,13-14,18H,7,9-12,21H2,1H3/t13-,18-/m1/s1. The summed E-state index contributed by atoms with van der Waals surface area (Å²) in [6, 6.07) is 9.77. The highest BCUT2D eigenvalue weighted by Crippen LogP contribution is 2.31. The first-order chi connectivity index (χ1) is 13.1. The quantitative estimate of drug-likeness (QED) is 0.876. The van der Waals surface area contributed by atoms with Gasteiger partial charge in [0.2, 0.25) is 0 Å². The van der Waals surface area contributed by atoms with Crippen LogP contribution in [0.2, 0.25) is 0 Å². The van der Waals surface area contributed by atoms with Crippen molar-refractivity contribution in [1.29, 1.82) is 5.26 Å². The first-order valence-electron chi connectivity index (χ1n) is 9.27. The van der Waals surface area contributed by atoms with Crippen LogP contribution >= 0.6 is 0 Å². The molecule has 0 unspecified atom stereocenters. The van der Waals surface area contributed by atoms with E-state index in [1.54, 1.807) is 12.3 Å². The fraction of sp³-hybridized carbons (Fsp3) is 0.450. The molecule has 2 N–H and O–H groups in total. The predicted octanol–water partition coefficient (Wildman–Crippen LogP) is 1.12. The van der Waals surface area contributed by atoms with Crippen LogP contribution in [0.1, 0.15) is 12.5 Å². The van der Waals surface area contributed by atoms with Gasteiger partial charge < -0.3 is 20.3 Å². The van der Waals surface area contributed by atoms with Gasteiger partial charge in [0.05, 0.1) is 23.7 Å². The summed E-state index contributed by atoms with van der Waals surface area (Å²) in [6.45, 7) is 5.20. The molecule has 4 rings (SSSR count). The number of likely N-dealkylation sites (tertiary alicyclic amines) is 1. The fourth-order valence-corrected chi connectivity index (χ4v) is 3.91. The number of fused-ring (bicyclic) bond motifs is 1. The van der Waals surface area contributed by atoms with Crippen LogP contribution in [0.5, 0.6) is 0 Å². The first-order valence-corrected chi connectivity index (χ1v) is 9.27. The van der Waals surface area contributed by atoms with Crippen LogP contribution in [0.15, 0.2) is 30.5 Å². The molecule has 2 saturated heterocycles. The highest BCUT2D eigenvalue weighted by molar-refractivity contribution is 5.95. The number of carbonyl (C=O) groups excluding carboxylic acids is 1. The normalized spacial score (nSPS) is 23.1. The molecule has 2 atom stereocenters. The first kappa shape index (κ1) is 17.7. The van der Waals surface area contributed by atoms with Gasteiger partial charge in [0, 0.05) is 42.8 Å². The number of amides is 1. The minimum atomic E-state index is -0.491. The third-order valence-corrected chi connectivity index (χ3v) is 5.35. The fourth-order valence-electron chi connectivity index (χ4n) is 3.91. The van der Waals surface area contributed by atoms with Crippen LogP contribution < -0.4 is 10.6 Å². The van der Waals surface area contributed by atoms with Crippen molar-refractivity contribution in [1.82, 2.24) is 9.88 Å². The van der Waals surface area contributed by atoms with E-state index in [1.165, 1.54) is 0 Å². The summed E-state index contributed by atoms with van der Waals surface area (Å²) >= 11 is 0. The zero-order valence-electron chi connectivity index (χ0n) is 15.3. The molecule has 2 aromatic rings. The largest absolute Gasteiger partial charge is 0.365 e. The van der Waals surface area contributed by atoms with E-state index in [1.807, 2.05) is 30.0 Å². The van der Waals surface area contributed by atoms with Crippen LogP contribution in [0.3, 0.4) is 0 Å². The van der Waals surface area contributed by atoms with Crippen molar-refractivity contribution in [2.45, 2.75) is 19.1 Å². The van der Waals surface area contributed by atoms with Crippen LogP contribution in [0.25, 0.3) is 10.9 Å². The van der Waals surface area contributed by atoms with E-state index >= 15 is 0 Å². The van der Waals surface area contributed by atoms with Crippen molar-refractivity contribution >= 4 is 22.5 Å². The molecule has 7 nitrogen and oxygen atoms in total. The molecule has 0 aliphatic carbocycles. The van der Waals surface area contributed by atoms with Gasteiger partial charge in [-0.25, -0.2) is 0 Å². The number of hydrogen-bond donors (Lipinski definition) is 1. The van der Waals surface area contributed by atoms with Crippen molar-refractivity contribution in [3.05, 3.63) is 36.0 Å². The Bertz CT molecular complexity index is 903. The molecule has 27 heavy (non-hydrogen) atoms. The lowest BCUT2D eigenvalue weighted by Crippen LogP contribution is -2.60. The minimum absolute atomic E-state index is 0.0346. The van der Waals surface area contributed by atoms with E-state index in [0.29, 0.717) is 49.7 Å². The number of nitriles is 1. The lowest BCUT2D eigenvalue weighted by atomic mass is 9.99. The Kier molecular flexibility index (Phi) is 4.68. The molecule has 1 aromatic carbocycles. The summed E-state index contributed by atoms with van der Waals surface area (Å²) in [7, 11) is 0. The Hall–Kier alpha value is -2.69. The molecule has 2 fully saturated rings. The van der Waals surface area contributed by atoms with E-state index in [0.717, 1.165) is 11.1 Å². The Morgan fingerprint density at radius 3 is 2.89 bits per heavy atom. The average Bonchev–Trinajstić information content (AvgIpc) is 2.65. The zero-order valence-corrected chi connectivity index (χ0v) is 15.3. The summed E-state index contributed by atoms with van der Waals surface area (Å²) in [4.78, 5) is 21.2. The Balaban J connectivity index is 1.60. The zero-order chi connectivity index (χ0) is 19.0. The molecule has 1 amide bonds. The molecule has 3 heterocycles. The van der Waals surface area contributed by atoms with Gasteiger partial charge in [-0.2, -0.15) is 5.26 Å². The molecular formula is C20H23N5O2. The number of ether oxygens (including phenoxy) is 1. The molecule has 140 valence electrons. The second-order valence-electron chi connectivity index (χ2n) is 7.33. The van der Waals surface area contributed by atoms with Gasteiger partial charge in [0.1, 0.15) is 6.07 Å². The maximum Gasteiger partial charge on any atom is 0.253 e. The van der Waals surface area contributed by atoms with Crippen LogP contribution in [-0.4, -0.2) is 60.7 Å². The van der Waals surface area contributed by atoms with Gasteiger partial charge in [-0.1, -0.05) is 0 Å². The molecule has 2 aliphatic rings. The summed E-state index contributed by atoms with van der Waals surface area (Å²) in [5.74, 6) is 0.437. The molecule has 7 heteroatoms. The number of hydrogen-bond acceptors (Lipinski definition) is 6. The van der Waals surface area contributed by atoms with Crippen LogP contribution in [-0.2, 0) is 9.53 Å². The molecule has 0 saturated carbocycles. The maximum absolute atomic E-state index is 12.8. The van der Waals surface area contributed by atoms with Crippen molar-refractivity contribution in [3.8, 4) is 6.07 Å². The number of nitrogens with two attached hydrogens (primary N) is 1. The van der Waals surface area contributed by atoms with E-state index in [4.69, 9.17) is 10.5 Å². The van der Waals surface area contributed by atoms with Gasteiger partial charge in [-0.3, -0.25) is 9.78 Å². The Labute approximate surface area is 158 Å². The van der Waals surface area contributed by atoms with E-state index in [9.17, 15) is 10.1 Å². The lowest BCUT2D eigenvalue weighted by molar-refractivity contribution is -0.154.